The minimum absolute atomic E-state index is 0.0337. The molecule has 2 bridgehead atoms. The average Bonchev–Trinajstić information content (AvgIpc) is 3.67. The number of phenols is 1. The number of hydrogen-bond acceptors (Lipinski definition) is 8. The number of anilines is 1. The quantitative estimate of drug-likeness (QED) is 0.338. The van der Waals surface area contributed by atoms with Crippen LogP contribution in [0.4, 0.5) is 14.6 Å². The van der Waals surface area contributed by atoms with Gasteiger partial charge in [0.25, 0.3) is 0 Å². The fraction of sp³-hybridized carbons (Fsp3) is 0.481. The summed E-state index contributed by atoms with van der Waals surface area (Å²) in [7, 11) is 0. The third-order valence-corrected chi connectivity index (χ3v) is 8.68. The van der Waals surface area contributed by atoms with Gasteiger partial charge in [-0.15, -0.1) is 22.0 Å². The van der Waals surface area contributed by atoms with Gasteiger partial charge in [-0.2, -0.15) is 4.39 Å². The molecule has 3 aromatic rings. The van der Waals surface area contributed by atoms with Crippen LogP contribution < -0.4 is 10.2 Å². The summed E-state index contributed by atoms with van der Waals surface area (Å²) in [5.74, 6) is 0.235. The first kappa shape index (κ1) is 24.5. The molecule has 4 atom stereocenters. The zero-order chi connectivity index (χ0) is 25.9. The lowest BCUT2D eigenvalue weighted by Gasteiger charge is -2.48. The van der Waals surface area contributed by atoms with Gasteiger partial charge in [-0.3, -0.25) is 0 Å². The van der Waals surface area contributed by atoms with Crippen LogP contribution in [0.5, 0.6) is 5.75 Å². The van der Waals surface area contributed by atoms with Crippen molar-refractivity contribution in [3.63, 3.8) is 0 Å². The van der Waals surface area contributed by atoms with Gasteiger partial charge in [0, 0.05) is 23.2 Å². The Kier molecular flexibility index (Phi) is 5.87. The highest BCUT2D eigenvalue weighted by Gasteiger charge is 2.58. The van der Waals surface area contributed by atoms with Gasteiger partial charge < -0.3 is 15.3 Å². The first-order chi connectivity index (χ1) is 17.7. The van der Waals surface area contributed by atoms with Gasteiger partial charge in [-0.05, 0) is 81.5 Å². The molecule has 2 saturated heterocycles. The van der Waals surface area contributed by atoms with Crippen LogP contribution in [0.25, 0.3) is 22.5 Å². The van der Waals surface area contributed by atoms with Gasteiger partial charge in [0.05, 0.1) is 22.8 Å². The maximum atomic E-state index is 15.8. The van der Waals surface area contributed by atoms with Crippen LogP contribution >= 0.6 is 11.8 Å². The Morgan fingerprint density at radius 1 is 1.11 bits per heavy atom. The molecule has 1 aliphatic carbocycles. The number of hydrogen-bond donors (Lipinski definition) is 2. The van der Waals surface area contributed by atoms with E-state index < -0.39 is 17.7 Å². The number of aromatic hydroxyl groups is 1. The number of aromatic nitrogens is 4. The Balaban J connectivity index is 1.28. The van der Waals surface area contributed by atoms with E-state index in [-0.39, 0.29) is 29.2 Å². The molecule has 0 spiro atoms. The summed E-state index contributed by atoms with van der Waals surface area (Å²) in [5.41, 5.74) is 1.07. The van der Waals surface area contributed by atoms with Crippen molar-refractivity contribution in [2.24, 2.45) is 0 Å². The molecule has 2 N–H and O–H groups in total. The highest BCUT2D eigenvalue weighted by molar-refractivity contribution is 7.98. The van der Waals surface area contributed by atoms with E-state index in [2.05, 4.69) is 37.3 Å². The highest BCUT2D eigenvalue weighted by atomic mass is 32.2. The zero-order valence-electron chi connectivity index (χ0n) is 21.1. The summed E-state index contributed by atoms with van der Waals surface area (Å²) in [5, 5.41) is 23.6. The maximum Gasteiger partial charge on any atom is 0.214 e. The first-order valence-electron chi connectivity index (χ1n) is 12.6. The van der Waals surface area contributed by atoms with Crippen molar-refractivity contribution in [2.75, 3.05) is 11.2 Å². The van der Waals surface area contributed by atoms with Crippen molar-refractivity contribution in [3.05, 3.63) is 42.5 Å². The predicted octanol–water partition coefficient (Wildman–Crippen LogP) is 5.15. The predicted molar refractivity (Wildman–Crippen MR) is 140 cm³/mol. The highest BCUT2D eigenvalue weighted by Crippen LogP contribution is 2.47. The van der Waals surface area contributed by atoms with Crippen molar-refractivity contribution < 1.29 is 13.9 Å². The minimum Gasteiger partial charge on any atom is -0.507 e. The van der Waals surface area contributed by atoms with Crippen molar-refractivity contribution in [1.29, 1.82) is 0 Å². The van der Waals surface area contributed by atoms with E-state index in [1.54, 1.807) is 30.5 Å². The van der Waals surface area contributed by atoms with Crippen LogP contribution in [0.3, 0.4) is 0 Å². The fourth-order valence-electron chi connectivity index (χ4n) is 6.07. The molecule has 6 rings (SSSR count). The van der Waals surface area contributed by atoms with Gasteiger partial charge in [0.1, 0.15) is 11.9 Å². The number of halogens is 2. The largest absolute Gasteiger partial charge is 0.507 e. The van der Waals surface area contributed by atoms with Crippen LogP contribution in [-0.2, 0) is 0 Å². The number of thioether (sulfide) groups is 1. The van der Waals surface area contributed by atoms with Crippen LogP contribution in [0.1, 0.15) is 46.0 Å². The van der Waals surface area contributed by atoms with Crippen molar-refractivity contribution in [1.82, 2.24) is 25.5 Å². The van der Waals surface area contributed by atoms with Crippen molar-refractivity contribution >= 4 is 17.6 Å². The Bertz CT molecular complexity index is 1340. The van der Waals surface area contributed by atoms with Crippen molar-refractivity contribution in [3.8, 4) is 28.3 Å². The lowest BCUT2D eigenvalue weighted by molar-refractivity contribution is 0.0831. The van der Waals surface area contributed by atoms with E-state index in [0.29, 0.717) is 34.0 Å². The summed E-state index contributed by atoms with van der Waals surface area (Å²) < 4.78 is 29.7. The number of piperidine rings is 1. The monoisotopic (exact) mass is 524 g/mol. The second-order valence-corrected chi connectivity index (χ2v) is 11.8. The van der Waals surface area contributed by atoms with Gasteiger partial charge in [0.2, 0.25) is 5.95 Å². The second-order valence-electron chi connectivity index (χ2n) is 11.0. The third kappa shape index (κ3) is 4.44. The smallest absolute Gasteiger partial charge is 0.214 e. The Morgan fingerprint density at radius 2 is 1.92 bits per heavy atom. The van der Waals surface area contributed by atoms with Gasteiger partial charge >= 0.3 is 0 Å². The molecule has 4 heterocycles. The molecular formula is C27H30F2N6OS. The summed E-state index contributed by atoms with van der Waals surface area (Å²) in [6.07, 6.45) is 6.94. The first-order valence-corrected chi connectivity index (χ1v) is 13.9. The number of nitrogens with zero attached hydrogens (tertiary/aromatic N) is 5. The molecule has 3 aliphatic rings. The van der Waals surface area contributed by atoms with Crippen molar-refractivity contribution in [2.45, 2.75) is 80.3 Å². The molecule has 1 saturated carbocycles. The summed E-state index contributed by atoms with van der Waals surface area (Å²) >= 11 is 1.35. The number of rotatable bonds is 6. The lowest BCUT2D eigenvalue weighted by Crippen LogP contribution is -2.66. The lowest BCUT2D eigenvalue weighted by atomic mass is 9.82. The van der Waals surface area contributed by atoms with Gasteiger partial charge in [-0.25, -0.2) is 14.4 Å². The van der Waals surface area contributed by atoms with E-state index in [9.17, 15) is 9.50 Å². The Morgan fingerprint density at radius 3 is 2.59 bits per heavy atom. The molecule has 194 valence electrons. The van der Waals surface area contributed by atoms with E-state index >= 15 is 4.39 Å². The summed E-state index contributed by atoms with van der Waals surface area (Å²) in [6, 6.07) is 8.10. The van der Waals surface area contributed by atoms with E-state index in [1.165, 1.54) is 17.8 Å². The third-order valence-electron chi connectivity index (χ3n) is 8.05. The molecule has 0 unspecified atom stereocenters. The standard InChI is InChI=1S/C27H30F2N6OS/c1-26-8-9-27(2,34-26)24(29)19(13-26)35(17-5-6-17)22-14-30-25(33-32-22)18-7-4-15(10-20(18)36)16-11-21(28)31-23(12-16)37-3/h4,7,10-12,14,17,19,24,34,36H,5-6,8-9,13H2,1-3H3/t19-,24-,26-,27+/m1/s1. The topological polar surface area (TPSA) is 87.1 Å². The maximum absolute atomic E-state index is 15.8. The second kappa shape index (κ2) is 8.87. The molecule has 2 aromatic heterocycles. The van der Waals surface area contributed by atoms with E-state index in [0.717, 1.165) is 25.7 Å². The van der Waals surface area contributed by atoms with Gasteiger partial charge in [0.15, 0.2) is 11.6 Å². The molecule has 7 nitrogen and oxygen atoms in total. The number of pyridine rings is 1. The minimum atomic E-state index is -1.02. The van der Waals surface area contributed by atoms with Crippen LogP contribution in [-0.4, -0.2) is 60.9 Å². The SMILES string of the molecule is CSc1cc(-c2ccc(-c3ncc(N(C4CC4)[C@@H]4C[C@@]5(C)CC[C@](C)(N5)[C@@H]4F)nn3)c(O)c2)cc(F)n1. The van der Waals surface area contributed by atoms with E-state index in [1.807, 2.05) is 13.2 Å². The summed E-state index contributed by atoms with van der Waals surface area (Å²) in [4.78, 5) is 10.4. The number of benzene rings is 1. The molecule has 2 aliphatic heterocycles. The fourth-order valence-corrected chi connectivity index (χ4v) is 6.50. The van der Waals surface area contributed by atoms with Crippen LogP contribution in [0, 0.1) is 5.95 Å². The molecule has 10 heteroatoms. The van der Waals surface area contributed by atoms with Crippen LogP contribution in [0.15, 0.2) is 41.6 Å². The number of alkyl halides is 1. The number of fused-ring (bicyclic) bond motifs is 2. The molecule has 3 fully saturated rings. The molecule has 1 aromatic carbocycles. The molecular weight excluding hydrogens is 494 g/mol. The van der Waals surface area contributed by atoms with Crippen LogP contribution in [0.2, 0.25) is 0 Å². The normalized spacial score (nSPS) is 28.9. The molecule has 37 heavy (non-hydrogen) atoms. The average molecular weight is 525 g/mol. The Hall–Kier alpha value is -2.85. The number of phenolic OH excluding ortho intramolecular Hbond substituents is 1. The molecule has 0 radical (unpaired) electrons. The zero-order valence-corrected chi connectivity index (χ0v) is 21.9. The van der Waals surface area contributed by atoms with E-state index in [4.69, 9.17) is 0 Å². The molecule has 0 amide bonds. The summed E-state index contributed by atoms with van der Waals surface area (Å²) in [6.45, 7) is 4.17. The number of nitrogens with one attached hydrogen (secondary N) is 1. The van der Waals surface area contributed by atoms with Gasteiger partial charge in [-0.1, -0.05) is 6.07 Å². The Labute approximate surface area is 219 Å².